The summed E-state index contributed by atoms with van der Waals surface area (Å²) in [5.74, 6) is 0.00559. The lowest BCUT2D eigenvalue weighted by Gasteiger charge is -2.38. The number of aromatic nitrogens is 3. The minimum absolute atomic E-state index is 0.0188. The first-order valence-electron chi connectivity index (χ1n) is 13.5. The van der Waals surface area contributed by atoms with Crippen LogP contribution in [0.15, 0.2) is 54.7 Å². The quantitative estimate of drug-likeness (QED) is 0.337. The van der Waals surface area contributed by atoms with E-state index in [4.69, 9.17) is 4.74 Å². The molecule has 0 saturated carbocycles. The molecule has 1 N–H and O–H groups in total. The fraction of sp³-hybridized carbons (Fsp3) is 0.333. The van der Waals surface area contributed by atoms with Crippen LogP contribution in [0.4, 0.5) is 18.9 Å². The van der Waals surface area contributed by atoms with Crippen LogP contribution in [0.3, 0.4) is 0 Å². The number of methoxy groups -OCH3 is 1. The van der Waals surface area contributed by atoms with Crippen molar-refractivity contribution in [3.05, 3.63) is 77.1 Å². The van der Waals surface area contributed by atoms with Gasteiger partial charge in [-0.05, 0) is 55.8 Å². The van der Waals surface area contributed by atoms with Crippen molar-refractivity contribution in [2.75, 3.05) is 38.6 Å². The van der Waals surface area contributed by atoms with E-state index >= 15 is 0 Å². The largest absolute Gasteiger partial charge is 0.497 e. The molecule has 0 spiro atoms. The number of benzene rings is 2. The lowest BCUT2D eigenvalue weighted by Crippen LogP contribution is -2.49. The van der Waals surface area contributed by atoms with E-state index in [1.54, 1.807) is 29.2 Å². The van der Waals surface area contributed by atoms with Gasteiger partial charge in [0.05, 0.1) is 19.0 Å². The highest BCUT2D eigenvalue weighted by molar-refractivity contribution is 6.00. The first kappa shape index (κ1) is 29.1. The van der Waals surface area contributed by atoms with Gasteiger partial charge in [0.2, 0.25) is 5.91 Å². The van der Waals surface area contributed by atoms with E-state index in [1.807, 2.05) is 24.3 Å². The second-order valence-electron chi connectivity index (χ2n) is 10.3. The van der Waals surface area contributed by atoms with E-state index < -0.39 is 17.8 Å². The van der Waals surface area contributed by atoms with Gasteiger partial charge in [-0.15, -0.1) is 0 Å². The predicted molar refractivity (Wildman–Crippen MR) is 151 cm³/mol. The number of fused-ring (bicyclic) bond motifs is 1. The Balaban J connectivity index is 1.39. The van der Waals surface area contributed by atoms with Crippen LogP contribution in [-0.2, 0) is 11.0 Å². The number of nitrogens with one attached hydrogen (secondary N) is 1. The second kappa shape index (κ2) is 11.4. The second-order valence-corrected chi connectivity index (χ2v) is 10.3. The number of rotatable bonds is 6. The van der Waals surface area contributed by atoms with Gasteiger partial charge in [-0.25, -0.2) is 9.50 Å². The van der Waals surface area contributed by atoms with Crippen LogP contribution >= 0.6 is 0 Å². The number of hydrogen-bond donors (Lipinski definition) is 1. The van der Waals surface area contributed by atoms with E-state index in [0.717, 1.165) is 15.8 Å². The fourth-order valence-corrected chi connectivity index (χ4v) is 5.33. The molecule has 0 aliphatic carbocycles. The van der Waals surface area contributed by atoms with Gasteiger partial charge in [-0.3, -0.25) is 14.5 Å². The van der Waals surface area contributed by atoms with Crippen molar-refractivity contribution in [1.29, 1.82) is 0 Å². The molecule has 42 heavy (non-hydrogen) atoms. The van der Waals surface area contributed by atoms with Crippen molar-refractivity contribution in [2.24, 2.45) is 0 Å². The minimum Gasteiger partial charge on any atom is -0.497 e. The number of hydrogen-bond acceptors (Lipinski definition) is 6. The Bertz CT molecular complexity index is 1610. The van der Waals surface area contributed by atoms with Crippen LogP contribution in [0.1, 0.15) is 47.1 Å². The molecule has 220 valence electrons. The third-order valence-corrected chi connectivity index (χ3v) is 7.61. The third-order valence-electron chi connectivity index (χ3n) is 7.61. The molecule has 1 fully saturated rings. The summed E-state index contributed by atoms with van der Waals surface area (Å²) in [7, 11) is 1.50. The molecule has 2 aromatic carbocycles. The number of alkyl halides is 3. The minimum atomic E-state index is -4.72. The van der Waals surface area contributed by atoms with Gasteiger partial charge < -0.3 is 15.0 Å². The zero-order valence-electron chi connectivity index (χ0n) is 23.7. The molecule has 9 nitrogen and oxygen atoms in total. The highest BCUT2D eigenvalue weighted by atomic mass is 19.4. The number of amides is 2. The lowest BCUT2D eigenvalue weighted by molar-refractivity contribution is -0.143. The molecule has 0 bridgehead atoms. The predicted octanol–water partition coefficient (Wildman–Crippen LogP) is 5.21. The molecule has 5 rings (SSSR count). The molecule has 2 amide bonds. The van der Waals surface area contributed by atoms with Crippen LogP contribution in [0, 0.1) is 6.92 Å². The van der Waals surface area contributed by atoms with Crippen molar-refractivity contribution >= 4 is 23.1 Å². The molecule has 0 unspecified atom stereocenters. The number of carbonyl (C=O) groups is 2. The van der Waals surface area contributed by atoms with Crippen LogP contribution < -0.4 is 10.1 Å². The first-order chi connectivity index (χ1) is 20.0. The zero-order valence-corrected chi connectivity index (χ0v) is 23.7. The van der Waals surface area contributed by atoms with E-state index in [2.05, 4.69) is 27.2 Å². The fourth-order valence-electron chi connectivity index (χ4n) is 5.33. The van der Waals surface area contributed by atoms with Gasteiger partial charge in [-0.2, -0.15) is 18.3 Å². The standard InChI is InChI=1S/C30H31F3N6O3/c1-18-26(22-7-11-24(42-4)12-8-22)36-28-25(17-34-39(28)27(18)30(31,32)33)29(41)38-15-13-37(14-16-38)19(2)21-5-9-23(10-6-21)35-20(3)40/h5-12,17,19H,13-16H2,1-4H3,(H,35,40)/t19-/m0/s1. The summed E-state index contributed by atoms with van der Waals surface area (Å²) < 4.78 is 48.7. The Morgan fingerprint density at radius 2 is 1.64 bits per heavy atom. The van der Waals surface area contributed by atoms with E-state index in [9.17, 15) is 22.8 Å². The molecule has 3 heterocycles. The van der Waals surface area contributed by atoms with E-state index in [0.29, 0.717) is 37.5 Å². The number of piperazine rings is 1. The van der Waals surface area contributed by atoms with Crippen molar-refractivity contribution in [3.8, 4) is 17.0 Å². The molecular formula is C30H31F3N6O3. The Morgan fingerprint density at radius 3 is 2.21 bits per heavy atom. The number of ether oxygens (including phenoxy) is 1. The number of halogens is 3. The van der Waals surface area contributed by atoms with E-state index in [-0.39, 0.29) is 34.4 Å². The molecular weight excluding hydrogens is 549 g/mol. The SMILES string of the molecule is COc1ccc(-c2nc3c(C(=O)N4CCN([C@@H](C)c5ccc(NC(C)=O)cc5)CC4)cnn3c(C(F)(F)F)c2C)cc1. The van der Waals surface area contributed by atoms with Crippen molar-refractivity contribution in [3.63, 3.8) is 0 Å². The van der Waals surface area contributed by atoms with Crippen molar-refractivity contribution in [2.45, 2.75) is 33.0 Å². The van der Waals surface area contributed by atoms with Gasteiger partial charge in [-0.1, -0.05) is 12.1 Å². The highest BCUT2D eigenvalue weighted by Crippen LogP contribution is 2.37. The normalized spacial score (nSPS) is 15.1. The molecule has 2 aromatic heterocycles. The van der Waals surface area contributed by atoms with E-state index in [1.165, 1.54) is 27.2 Å². The summed E-state index contributed by atoms with van der Waals surface area (Å²) in [6.45, 7) is 6.83. The Labute approximate surface area is 240 Å². The summed E-state index contributed by atoms with van der Waals surface area (Å²) in [4.78, 5) is 33.3. The summed E-state index contributed by atoms with van der Waals surface area (Å²) in [6.07, 6.45) is -3.55. The van der Waals surface area contributed by atoms with Crippen LogP contribution in [0.5, 0.6) is 5.75 Å². The van der Waals surface area contributed by atoms with Crippen molar-refractivity contribution < 1.29 is 27.5 Å². The van der Waals surface area contributed by atoms with Gasteiger partial charge in [0.1, 0.15) is 11.3 Å². The number of carbonyl (C=O) groups excluding carboxylic acids is 2. The Hall–Kier alpha value is -4.45. The molecule has 1 aliphatic heterocycles. The highest BCUT2D eigenvalue weighted by Gasteiger charge is 2.39. The smallest absolute Gasteiger partial charge is 0.433 e. The average Bonchev–Trinajstić information content (AvgIpc) is 3.38. The Kier molecular flexibility index (Phi) is 7.91. The molecule has 12 heteroatoms. The van der Waals surface area contributed by atoms with Gasteiger partial charge in [0.15, 0.2) is 11.3 Å². The third kappa shape index (κ3) is 5.67. The first-order valence-corrected chi connectivity index (χ1v) is 13.5. The summed E-state index contributed by atoms with van der Waals surface area (Å²) in [5, 5.41) is 6.71. The van der Waals surface area contributed by atoms with Gasteiger partial charge in [0, 0.05) is 56.0 Å². The molecule has 1 saturated heterocycles. The summed E-state index contributed by atoms with van der Waals surface area (Å²) in [6, 6.07) is 14.2. The van der Waals surface area contributed by atoms with Gasteiger partial charge in [0.25, 0.3) is 5.91 Å². The molecule has 0 radical (unpaired) electrons. The van der Waals surface area contributed by atoms with Crippen LogP contribution in [-0.4, -0.2) is 69.5 Å². The monoisotopic (exact) mass is 580 g/mol. The maximum Gasteiger partial charge on any atom is 0.433 e. The van der Waals surface area contributed by atoms with Crippen LogP contribution in [0.2, 0.25) is 0 Å². The number of nitrogens with zero attached hydrogens (tertiary/aromatic N) is 5. The van der Waals surface area contributed by atoms with Gasteiger partial charge >= 0.3 is 6.18 Å². The maximum absolute atomic E-state index is 14.3. The lowest BCUT2D eigenvalue weighted by atomic mass is 10.0. The molecule has 1 atom stereocenters. The number of anilines is 1. The Morgan fingerprint density at radius 1 is 1.00 bits per heavy atom. The van der Waals surface area contributed by atoms with Crippen molar-refractivity contribution in [1.82, 2.24) is 24.4 Å². The average molecular weight is 581 g/mol. The molecule has 1 aliphatic rings. The zero-order chi connectivity index (χ0) is 30.2. The van der Waals surface area contributed by atoms with Crippen LogP contribution in [0.25, 0.3) is 16.9 Å². The topological polar surface area (TPSA) is 92.1 Å². The molecule has 4 aromatic rings. The summed E-state index contributed by atoms with van der Waals surface area (Å²) in [5.41, 5.74) is 1.19. The summed E-state index contributed by atoms with van der Waals surface area (Å²) >= 11 is 0. The maximum atomic E-state index is 14.3.